The van der Waals surface area contributed by atoms with Crippen LogP contribution in [0.1, 0.15) is 42.0 Å². The van der Waals surface area contributed by atoms with Crippen LogP contribution in [0.2, 0.25) is 0 Å². The van der Waals surface area contributed by atoms with Gasteiger partial charge in [-0.1, -0.05) is 42.0 Å². The van der Waals surface area contributed by atoms with E-state index in [9.17, 15) is 9.59 Å². The topological polar surface area (TPSA) is 55.4 Å². The quantitative estimate of drug-likeness (QED) is 0.575. The largest absolute Gasteiger partial charge is 0.456 e. The molecule has 2 aromatic rings. The van der Waals surface area contributed by atoms with E-state index in [-0.39, 0.29) is 30.9 Å². The summed E-state index contributed by atoms with van der Waals surface area (Å²) in [6.45, 7) is 1.83. The van der Waals surface area contributed by atoms with Crippen LogP contribution in [0, 0.1) is 6.92 Å². The van der Waals surface area contributed by atoms with Gasteiger partial charge in [0.25, 0.3) is 5.91 Å². The second kappa shape index (κ2) is 9.60. The lowest BCUT2D eigenvalue weighted by Crippen LogP contribution is -2.34. The van der Waals surface area contributed by atoms with Crippen LogP contribution >= 0.6 is 11.8 Å². The number of fused-ring (bicyclic) bond motifs is 1. The molecule has 0 saturated heterocycles. The maximum atomic E-state index is 12.2. The average Bonchev–Trinajstić information content (AvgIpc) is 2.68. The molecule has 1 N–H and O–H groups in total. The molecule has 1 atom stereocenters. The molecule has 0 radical (unpaired) electrons. The number of benzene rings is 2. The van der Waals surface area contributed by atoms with Gasteiger partial charge in [-0.25, -0.2) is 0 Å². The summed E-state index contributed by atoms with van der Waals surface area (Å²) in [6.07, 6.45) is 3.32. The Labute approximate surface area is 164 Å². The van der Waals surface area contributed by atoms with Crippen molar-refractivity contribution >= 4 is 23.6 Å². The Hall–Kier alpha value is -2.27. The van der Waals surface area contributed by atoms with Gasteiger partial charge in [-0.2, -0.15) is 0 Å². The molecule has 1 amide bonds. The van der Waals surface area contributed by atoms with E-state index in [1.54, 1.807) is 11.8 Å². The van der Waals surface area contributed by atoms with E-state index in [1.807, 2.05) is 31.2 Å². The van der Waals surface area contributed by atoms with E-state index in [4.69, 9.17) is 4.74 Å². The third-order valence-corrected chi connectivity index (χ3v) is 5.68. The first-order chi connectivity index (χ1) is 13.1. The van der Waals surface area contributed by atoms with Crippen molar-refractivity contribution in [1.82, 2.24) is 5.32 Å². The molecule has 0 aromatic heterocycles. The summed E-state index contributed by atoms with van der Waals surface area (Å²) in [5, 5.41) is 3.00. The molecule has 4 nitrogen and oxygen atoms in total. The zero-order valence-corrected chi connectivity index (χ0v) is 16.4. The van der Waals surface area contributed by atoms with Crippen molar-refractivity contribution < 1.29 is 14.3 Å². The highest BCUT2D eigenvalue weighted by Gasteiger charge is 2.21. The molecule has 27 heavy (non-hydrogen) atoms. The van der Waals surface area contributed by atoms with Crippen LogP contribution in [0.3, 0.4) is 0 Å². The van der Waals surface area contributed by atoms with Gasteiger partial charge in [0.2, 0.25) is 0 Å². The van der Waals surface area contributed by atoms with Crippen molar-refractivity contribution in [2.45, 2.75) is 43.5 Å². The zero-order chi connectivity index (χ0) is 19.1. The predicted octanol–water partition coefficient (Wildman–Crippen LogP) is 4.21. The van der Waals surface area contributed by atoms with E-state index in [0.29, 0.717) is 5.75 Å². The molecule has 1 aliphatic rings. The Morgan fingerprint density at radius 3 is 2.74 bits per heavy atom. The molecule has 0 bridgehead atoms. The van der Waals surface area contributed by atoms with Gasteiger partial charge in [0, 0.05) is 10.6 Å². The minimum Gasteiger partial charge on any atom is -0.456 e. The van der Waals surface area contributed by atoms with Crippen molar-refractivity contribution in [3.8, 4) is 0 Å². The number of ether oxygens (including phenoxy) is 1. The van der Waals surface area contributed by atoms with Crippen LogP contribution in [0.5, 0.6) is 0 Å². The molecule has 0 heterocycles. The molecular weight excluding hydrogens is 358 g/mol. The molecule has 0 spiro atoms. The number of nitrogens with one attached hydrogen (secondary N) is 1. The standard InChI is InChI=1S/C22H25NO3S/c1-16-9-11-18(12-10-16)27-14-13-22(25)26-15-21(24)23-20-8-4-6-17-5-2-3-7-19(17)20/h2-3,5,7,9-12,20H,4,6,8,13-15H2,1H3,(H,23,24)/t20-/m0/s1. The smallest absolute Gasteiger partial charge is 0.307 e. The van der Waals surface area contributed by atoms with Crippen LogP contribution in [-0.2, 0) is 20.7 Å². The second-order valence-electron chi connectivity index (χ2n) is 6.78. The van der Waals surface area contributed by atoms with Gasteiger partial charge in [-0.05, 0) is 49.4 Å². The molecule has 1 aliphatic carbocycles. The zero-order valence-electron chi connectivity index (χ0n) is 15.6. The number of thioether (sulfide) groups is 1. The summed E-state index contributed by atoms with van der Waals surface area (Å²) in [4.78, 5) is 25.2. The Morgan fingerprint density at radius 1 is 1.15 bits per heavy atom. The fourth-order valence-corrected chi connectivity index (χ4v) is 4.08. The summed E-state index contributed by atoms with van der Waals surface area (Å²) in [5.41, 5.74) is 3.68. The van der Waals surface area contributed by atoms with E-state index in [2.05, 4.69) is 29.6 Å². The first-order valence-electron chi connectivity index (χ1n) is 9.34. The predicted molar refractivity (Wildman–Crippen MR) is 108 cm³/mol. The second-order valence-corrected chi connectivity index (χ2v) is 7.95. The number of carbonyl (C=O) groups is 2. The summed E-state index contributed by atoms with van der Waals surface area (Å²) >= 11 is 1.61. The van der Waals surface area contributed by atoms with Crippen molar-refractivity contribution in [1.29, 1.82) is 0 Å². The lowest BCUT2D eigenvalue weighted by molar-refractivity contribution is -0.148. The molecule has 0 unspecified atom stereocenters. The summed E-state index contributed by atoms with van der Waals surface area (Å²) in [5.74, 6) is 0.0597. The van der Waals surface area contributed by atoms with Crippen LogP contribution in [-0.4, -0.2) is 24.2 Å². The first kappa shape index (κ1) is 19.5. The van der Waals surface area contributed by atoms with Crippen molar-refractivity contribution in [2.75, 3.05) is 12.4 Å². The highest BCUT2D eigenvalue weighted by molar-refractivity contribution is 7.99. The minimum atomic E-state index is -0.339. The van der Waals surface area contributed by atoms with Gasteiger partial charge >= 0.3 is 5.97 Å². The number of esters is 1. The molecule has 0 aliphatic heterocycles. The molecular formula is C22H25NO3S. The third-order valence-electron chi connectivity index (χ3n) is 4.66. The lowest BCUT2D eigenvalue weighted by atomic mass is 9.88. The number of aryl methyl sites for hydroxylation is 2. The van der Waals surface area contributed by atoms with Crippen LogP contribution in [0.25, 0.3) is 0 Å². The first-order valence-corrected chi connectivity index (χ1v) is 10.3. The van der Waals surface area contributed by atoms with Gasteiger partial charge < -0.3 is 10.1 Å². The van der Waals surface area contributed by atoms with Gasteiger partial charge in [0.1, 0.15) is 0 Å². The molecule has 5 heteroatoms. The summed E-state index contributed by atoms with van der Waals surface area (Å²) < 4.78 is 5.13. The summed E-state index contributed by atoms with van der Waals surface area (Å²) in [6, 6.07) is 16.4. The maximum absolute atomic E-state index is 12.2. The van der Waals surface area contributed by atoms with Gasteiger partial charge in [-0.3, -0.25) is 9.59 Å². The Bertz CT molecular complexity index is 788. The third kappa shape index (κ3) is 5.86. The van der Waals surface area contributed by atoms with Crippen LogP contribution < -0.4 is 5.32 Å². The Balaban J connectivity index is 1.38. The monoisotopic (exact) mass is 383 g/mol. The summed E-state index contributed by atoms with van der Waals surface area (Å²) in [7, 11) is 0. The molecule has 0 saturated carbocycles. The molecule has 3 rings (SSSR count). The Kier molecular flexibility index (Phi) is 6.93. The van der Waals surface area contributed by atoms with Gasteiger partial charge in [0.15, 0.2) is 6.61 Å². The fraction of sp³-hybridized carbons (Fsp3) is 0.364. The van der Waals surface area contributed by atoms with E-state index in [1.165, 1.54) is 16.7 Å². The van der Waals surface area contributed by atoms with Crippen LogP contribution in [0.15, 0.2) is 53.4 Å². The number of hydrogen-bond donors (Lipinski definition) is 1. The lowest BCUT2D eigenvalue weighted by Gasteiger charge is -2.26. The normalized spacial score (nSPS) is 15.7. The number of carbonyl (C=O) groups excluding carboxylic acids is 2. The molecule has 142 valence electrons. The maximum Gasteiger partial charge on any atom is 0.307 e. The fourth-order valence-electron chi connectivity index (χ4n) is 3.24. The Morgan fingerprint density at radius 2 is 1.93 bits per heavy atom. The highest BCUT2D eigenvalue weighted by atomic mass is 32.2. The number of hydrogen-bond acceptors (Lipinski definition) is 4. The van der Waals surface area contributed by atoms with Crippen LogP contribution in [0.4, 0.5) is 0 Å². The average molecular weight is 384 g/mol. The SMILES string of the molecule is Cc1ccc(SCCC(=O)OCC(=O)N[C@H]2CCCc3ccccc32)cc1. The van der Waals surface area contributed by atoms with Gasteiger partial charge in [0.05, 0.1) is 12.5 Å². The van der Waals surface area contributed by atoms with E-state index >= 15 is 0 Å². The number of amides is 1. The molecule has 0 fully saturated rings. The van der Waals surface area contributed by atoms with Gasteiger partial charge in [-0.15, -0.1) is 11.8 Å². The van der Waals surface area contributed by atoms with Crippen molar-refractivity contribution in [3.05, 3.63) is 65.2 Å². The van der Waals surface area contributed by atoms with E-state index in [0.717, 1.165) is 24.2 Å². The molecule has 2 aromatic carbocycles. The van der Waals surface area contributed by atoms with E-state index < -0.39 is 0 Å². The number of rotatable bonds is 7. The minimum absolute atomic E-state index is 0.0123. The van der Waals surface area contributed by atoms with Crippen molar-refractivity contribution in [3.63, 3.8) is 0 Å². The van der Waals surface area contributed by atoms with Crippen molar-refractivity contribution in [2.24, 2.45) is 0 Å². The highest BCUT2D eigenvalue weighted by Crippen LogP contribution is 2.29.